The molecule has 0 N–H and O–H groups in total. The summed E-state index contributed by atoms with van der Waals surface area (Å²) in [6.45, 7) is 3.29. The second-order valence-corrected chi connectivity index (χ2v) is 12.2. The normalized spacial score (nSPS) is 14.4. The summed E-state index contributed by atoms with van der Waals surface area (Å²) < 4.78 is 64.5. The lowest BCUT2D eigenvalue weighted by atomic mass is 10.0. The molecular formula is C31H31ClF2N2O3S. The van der Waals surface area contributed by atoms with E-state index < -0.39 is 21.7 Å². The highest BCUT2D eigenvalue weighted by Crippen LogP contribution is 2.35. The van der Waals surface area contributed by atoms with Crippen LogP contribution in [0.25, 0.3) is 10.8 Å². The van der Waals surface area contributed by atoms with Crippen molar-refractivity contribution >= 4 is 38.1 Å². The number of hydrogen-bond donors (Lipinski definition) is 0. The van der Waals surface area contributed by atoms with Gasteiger partial charge in [-0.3, -0.25) is 4.31 Å². The minimum atomic E-state index is -4.33. The van der Waals surface area contributed by atoms with Crippen LogP contribution in [0.3, 0.4) is 0 Å². The predicted octanol–water partition coefficient (Wildman–Crippen LogP) is 7.42. The van der Waals surface area contributed by atoms with Crippen molar-refractivity contribution in [2.45, 2.75) is 37.1 Å². The van der Waals surface area contributed by atoms with Crippen LogP contribution in [-0.2, 0) is 16.6 Å². The van der Waals surface area contributed by atoms with E-state index in [2.05, 4.69) is 4.90 Å². The molecule has 9 heteroatoms. The summed E-state index contributed by atoms with van der Waals surface area (Å²) >= 11 is 5.99. The van der Waals surface area contributed by atoms with E-state index in [0.717, 1.165) is 59.3 Å². The van der Waals surface area contributed by atoms with Crippen LogP contribution in [0.5, 0.6) is 5.75 Å². The van der Waals surface area contributed by atoms with Gasteiger partial charge in [-0.25, -0.2) is 17.2 Å². The van der Waals surface area contributed by atoms with Gasteiger partial charge in [0.1, 0.15) is 17.4 Å². The maximum absolute atomic E-state index is 15.1. The first kappa shape index (κ1) is 28.3. The number of likely N-dealkylation sites (tertiary alicyclic amines) is 1. The number of rotatable bonds is 10. The van der Waals surface area contributed by atoms with Crippen LogP contribution < -0.4 is 9.04 Å². The molecule has 0 aromatic heterocycles. The molecule has 0 unspecified atom stereocenters. The van der Waals surface area contributed by atoms with Crippen molar-refractivity contribution in [3.05, 3.63) is 101 Å². The van der Waals surface area contributed by atoms with Crippen molar-refractivity contribution in [2.75, 3.05) is 30.5 Å². The van der Waals surface area contributed by atoms with Crippen LogP contribution in [0.1, 0.15) is 31.2 Å². The highest BCUT2D eigenvalue weighted by Gasteiger charge is 2.29. The molecule has 0 saturated carbocycles. The molecule has 40 heavy (non-hydrogen) atoms. The molecule has 1 aliphatic heterocycles. The summed E-state index contributed by atoms with van der Waals surface area (Å²) in [6.07, 6.45) is 4.51. The Hall–Kier alpha value is -3.20. The van der Waals surface area contributed by atoms with E-state index in [-0.39, 0.29) is 17.1 Å². The summed E-state index contributed by atoms with van der Waals surface area (Å²) in [7, 11) is -4.33. The maximum atomic E-state index is 15.1. The molecule has 0 bridgehead atoms. The van der Waals surface area contributed by atoms with Gasteiger partial charge in [0.05, 0.1) is 23.7 Å². The topological polar surface area (TPSA) is 49.9 Å². The summed E-state index contributed by atoms with van der Waals surface area (Å²) in [5, 5.41) is 2.00. The van der Waals surface area contributed by atoms with Gasteiger partial charge in [0.25, 0.3) is 10.0 Å². The van der Waals surface area contributed by atoms with Gasteiger partial charge in [-0.2, -0.15) is 0 Å². The summed E-state index contributed by atoms with van der Waals surface area (Å²) in [5.41, 5.74) is 0.177. The SMILES string of the molecule is O=S(=O)(c1ccc(Cl)cc1)N(Cc1c(OCCCN2CCCCC2)ccc2ccccc12)c1cc(F)ccc1F. The van der Waals surface area contributed by atoms with E-state index in [1.165, 1.54) is 43.5 Å². The van der Waals surface area contributed by atoms with Crippen LogP contribution in [0.4, 0.5) is 14.5 Å². The first-order chi connectivity index (χ1) is 19.3. The molecule has 210 valence electrons. The maximum Gasteiger partial charge on any atom is 0.264 e. The molecular weight excluding hydrogens is 554 g/mol. The van der Waals surface area contributed by atoms with E-state index in [1.807, 2.05) is 36.4 Å². The van der Waals surface area contributed by atoms with E-state index in [4.69, 9.17) is 16.3 Å². The highest BCUT2D eigenvalue weighted by atomic mass is 35.5. The molecule has 5 rings (SSSR count). The minimum Gasteiger partial charge on any atom is -0.493 e. The second kappa shape index (κ2) is 12.5. The van der Waals surface area contributed by atoms with Crippen LogP contribution in [0, 0.1) is 11.6 Å². The van der Waals surface area contributed by atoms with Crippen molar-refractivity contribution in [3.8, 4) is 5.75 Å². The zero-order valence-electron chi connectivity index (χ0n) is 22.0. The quantitative estimate of drug-likeness (QED) is 0.182. The zero-order valence-corrected chi connectivity index (χ0v) is 23.6. The Morgan fingerprint density at radius 3 is 2.42 bits per heavy atom. The molecule has 5 nitrogen and oxygen atoms in total. The molecule has 0 spiro atoms. The Balaban J connectivity index is 1.52. The first-order valence-corrected chi connectivity index (χ1v) is 15.2. The third kappa shape index (κ3) is 6.40. The molecule has 4 aromatic carbocycles. The fraction of sp³-hybridized carbons (Fsp3) is 0.290. The standard InChI is InChI=1S/C31H31ClF2N2O3S/c32-24-10-13-26(14-11-24)40(37,38)36(30-21-25(33)12-15-29(30)34)22-28-27-8-3-2-7-23(27)9-16-31(28)39-20-6-19-35-17-4-1-5-18-35/h2-3,7-16,21H,1,4-6,17-20,22H2. The van der Waals surface area contributed by atoms with E-state index in [0.29, 0.717) is 22.9 Å². The van der Waals surface area contributed by atoms with Crippen LogP contribution >= 0.6 is 11.6 Å². The Labute approximate surface area is 239 Å². The van der Waals surface area contributed by atoms with Crippen molar-refractivity contribution in [1.29, 1.82) is 0 Å². The van der Waals surface area contributed by atoms with Gasteiger partial charge < -0.3 is 9.64 Å². The number of halogens is 3. The number of benzene rings is 4. The molecule has 4 aromatic rings. The van der Waals surface area contributed by atoms with Crippen molar-refractivity contribution in [1.82, 2.24) is 4.90 Å². The largest absolute Gasteiger partial charge is 0.493 e. The molecule has 1 saturated heterocycles. The monoisotopic (exact) mass is 584 g/mol. The van der Waals surface area contributed by atoms with Crippen molar-refractivity contribution in [3.63, 3.8) is 0 Å². The number of piperidine rings is 1. The Morgan fingerprint density at radius 2 is 1.65 bits per heavy atom. The first-order valence-electron chi connectivity index (χ1n) is 13.4. The van der Waals surface area contributed by atoms with E-state index in [9.17, 15) is 12.8 Å². The number of ether oxygens (including phenoxy) is 1. The molecule has 0 amide bonds. The Bertz CT molecular complexity index is 1580. The lowest BCUT2D eigenvalue weighted by Gasteiger charge is -2.27. The molecule has 0 atom stereocenters. The summed E-state index contributed by atoms with van der Waals surface area (Å²) in [4.78, 5) is 2.34. The van der Waals surface area contributed by atoms with E-state index >= 15 is 4.39 Å². The van der Waals surface area contributed by atoms with Gasteiger partial charge in [0.15, 0.2) is 0 Å². The number of hydrogen-bond acceptors (Lipinski definition) is 4. The number of fused-ring (bicyclic) bond motifs is 1. The van der Waals surface area contributed by atoms with Crippen molar-refractivity contribution in [2.24, 2.45) is 0 Å². The van der Waals surface area contributed by atoms with Gasteiger partial charge in [0.2, 0.25) is 0 Å². The van der Waals surface area contributed by atoms with Crippen LogP contribution in [0.15, 0.2) is 83.8 Å². The average Bonchev–Trinajstić information content (AvgIpc) is 2.96. The number of nitrogens with zero attached hydrogens (tertiary/aromatic N) is 2. The molecule has 1 fully saturated rings. The third-order valence-corrected chi connectivity index (χ3v) is 9.23. The zero-order chi connectivity index (χ0) is 28.1. The summed E-state index contributed by atoms with van der Waals surface area (Å²) in [6, 6.07) is 19.6. The van der Waals surface area contributed by atoms with Gasteiger partial charge in [-0.05, 0) is 85.6 Å². The highest BCUT2D eigenvalue weighted by molar-refractivity contribution is 7.92. The van der Waals surface area contributed by atoms with E-state index in [1.54, 1.807) is 0 Å². The fourth-order valence-corrected chi connectivity index (χ4v) is 6.68. The molecule has 0 radical (unpaired) electrons. The molecule has 1 heterocycles. The lowest BCUT2D eigenvalue weighted by molar-refractivity contribution is 0.204. The fourth-order valence-electron chi connectivity index (χ4n) is 5.12. The van der Waals surface area contributed by atoms with Gasteiger partial charge in [-0.15, -0.1) is 0 Å². The lowest BCUT2D eigenvalue weighted by Crippen LogP contribution is -2.32. The number of anilines is 1. The molecule has 1 aliphatic rings. The van der Waals surface area contributed by atoms with Gasteiger partial charge in [-0.1, -0.05) is 48.4 Å². The van der Waals surface area contributed by atoms with Crippen LogP contribution in [-0.4, -0.2) is 39.6 Å². The predicted molar refractivity (Wildman–Crippen MR) is 156 cm³/mol. The number of sulfonamides is 1. The molecule has 0 aliphatic carbocycles. The van der Waals surface area contributed by atoms with Gasteiger partial charge in [0, 0.05) is 23.2 Å². The third-order valence-electron chi connectivity index (χ3n) is 7.20. The van der Waals surface area contributed by atoms with Crippen LogP contribution in [0.2, 0.25) is 5.02 Å². The smallest absolute Gasteiger partial charge is 0.264 e. The minimum absolute atomic E-state index is 0.0928. The van der Waals surface area contributed by atoms with Crippen molar-refractivity contribution < 1.29 is 21.9 Å². The second-order valence-electron chi connectivity index (χ2n) is 9.93. The summed E-state index contributed by atoms with van der Waals surface area (Å²) in [5.74, 6) is -1.10. The Morgan fingerprint density at radius 1 is 0.900 bits per heavy atom. The Kier molecular flexibility index (Phi) is 8.88. The van der Waals surface area contributed by atoms with Gasteiger partial charge >= 0.3 is 0 Å². The average molecular weight is 585 g/mol.